The van der Waals surface area contributed by atoms with Crippen LogP contribution in [0.25, 0.3) is 0 Å². The predicted octanol–water partition coefficient (Wildman–Crippen LogP) is 3.04. The van der Waals surface area contributed by atoms with E-state index in [9.17, 15) is 22.4 Å². The molecule has 0 bridgehead atoms. The zero-order valence-electron chi connectivity index (χ0n) is 11.6. The van der Waals surface area contributed by atoms with Gasteiger partial charge in [-0.25, -0.2) is 14.4 Å². The number of thioether (sulfide) groups is 1. The Morgan fingerprint density at radius 1 is 1.17 bits per heavy atom. The molecule has 0 spiro atoms. The lowest BCUT2D eigenvalue weighted by Gasteiger charge is -2.07. The van der Waals surface area contributed by atoms with Gasteiger partial charge in [-0.05, 0) is 23.8 Å². The fraction of sp³-hybridized carbons (Fsp3) is 0.214. The van der Waals surface area contributed by atoms with E-state index >= 15 is 0 Å². The van der Waals surface area contributed by atoms with Crippen LogP contribution in [0.5, 0.6) is 0 Å². The number of amides is 1. The zero-order valence-corrected chi connectivity index (χ0v) is 12.4. The van der Waals surface area contributed by atoms with Crippen LogP contribution in [0.4, 0.5) is 17.6 Å². The molecule has 1 aromatic carbocycles. The summed E-state index contributed by atoms with van der Waals surface area (Å²) in [6.07, 6.45) is -3.56. The number of nitrogens with one attached hydrogen (secondary N) is 1. The Morgan fingerprint density at radius 2 is 1.87 bits per heavy atom. The van der Waals surface area contributed by atoms with Gasteiger partial charge >= 0.3 is 6.18 Å². The van der Waals surface area contributed by atoms with Gasteiger partial charge < -0.3 is 5.32 Å². The first-order chi connectivity index (χ1) is 10.8. The summed E-state index contributed by atoms with van der Waals surface area (Å²) in [6.45, 7) is 0.198. The molecule has 9 heteroatoms. The van der Waals surface area contributed by atoms with Crippen LogP contribution < -0.4 is 5.32 Å². The highest BCUT2D eigenvalue weighted by molar-refractivity contribution is 7.99. The monoisotopic (exact) mass is 345 g/mol. The van der Waals surface area contributed by atoms with Crippen LogP contribution in [0.1, 0.15) is 11.3 Å². The predicted molar refractivity (Wildman–Crippen MR) is 76.0 cm³/mol. The van der Waals surface area contributed by atoms with E-state index in [2.05, 4.69) is 15.3 Å². The maximum Gasteiger partial charge on any atom is 0.433 e. The van der Waals surface area contributed by atoms with Crippen LogP contribution in [0.3, 0.4) is 0 Å². The van der Waals surface area contributed by atoms with Gasteiger partial charge in [0.15, 0.2) is 5.16 Å². The fourth-order valence-corrected chi connectivity index (χ4v) is 2.21. The Labute approximate surface area is 133 Å². The third-order valence-corrected chi connectivity index (χ3v) is 3.52. The number of benzene rings is 1. The molecular formula is C14H11F4N3OS. The molecule has 0 radical (unpaired) electrons. The van der Waals surface area contributed by atoms with Crippen molar-refractivity contribution in [2.24, 2.45) is 0 Å². The molecule has 0 fully saturated rings. The van der Waals surface area contributed by atoms with Crippen LogP contribution in [0.15, 0.2) is 41.7 Å². The Bertz CT molecular complexity index is 676. The van der Waals surface area contributed by atoms with E-state index in [1.54, 1.807) is 0 Å². The van der Waals surface area contributed by atoms with Crippen LogP contribution in [-0.4, -0.2) is 21.6 Å². The minimum absolute atomic E-state index is 0.123. The minimum atomic E-state index is -4.55. The van der Waals surface area contributed by atoms with Gasteiger partial charge in [0.1, 0.15) is 11.5 Å². The number of hydrogen-bond donors (Lipinski definition) is 1. The van der Waals surface area contributed by atoms with Crippen molar-refractivity contribution in [3.05, 3.63) is 53.6 Å². The number of nitrogens with zero attached hydrogens (tertiary/aromatic N) is 2. The molecule has 0 saturated carbocycles. The average molecular weight is 345 g/mol. The molecule has 1 amide bonds. The van der Waals surface area contributed by atoms with Gasteiger partial charge in [0.05, 0.1) is 5.75 Å². The summed E-state index contributed by atoms with van der Waals surface area (Å²) < 4.78 is 50.2. The van der Waals surface area contributed by atoms with Crippen molar-refractivity contribution in [1.82, 2.24) is 15.3 Å². The number of aromatic nitrogens is 2. The lowest BCUT2D eigenvalue weighted by molar-refractivity contribution is -0.141. The Balaban J connectivity index is 1.83. The number of alkyl halides is 3. The molecule has 4 nitrogen and oxygen atoms in total. The van der Waals surface area contributed by atoms with Gasteiger partial charge in [-0.3, -0.25) is 4.79 Å². The Morgan fingerprint density at radius 3 is 2.52 bits per heavy atom. The summed E-state index contributed by atoms with van der Waals surface area (Å²) in [5, 5.41) is 2.45. The maximum atomic E-state index is 12.7. The standard InChI is InChI=1S/C14H11F4N3OS/c15-10-3-1-9(2-4-10)7-20-12(22)8-23-13-19-6-5-11(21-13)14(16,17)18/h1-6H,7-8H2,(H,20,22). The first-order valence-electron chi connectivity index (χ1n) is 6.39. The summed E-state index contributed by atoms with van der Waals surface area (Å²) in [6, 6.07) is 6.36. The average Bonchev–Trinajstić information content (AvgIpc) is 2.52. The molecule has 23 heavy (non-hydrogen) atoms. The zero-order chi connectivity index (χ0) is 16.9. The first-order valence-corrected chi connectivity index (χ1v) is 7.37. The number of rotatable bonds is 5. The van der Waals surface area contributed by atoms with Crippen molar-refractivity contribution < 1.29 is 22.4 Å². The summed E-state index contributed by atoms with van der Waals surface area (Å²) >= 11 is 0.802. The minimum Gasteiger partial charge on any atom is -0.351 e. The highest BCUT2D eigenvalue weighted by atomic mass is 32.2. The number of carbonyl (C=O) groups is 1. The highest BCUT2D eigenvalue weighted by Gasteiger charge is 2.32. The molecule has 0 unspecified atom stereocenters. The number of halogens is 4. The van der Waals surface area contributed by atoms with Gasteiger partial charge in [0, 0.05) is 12.7 Å². The van der Waals surface area contributed by atoms with E-state index in [-0.39, 0.29) is 29.2 Å². The molecular weight excluding hydrogens is 334 g/mol. The van der Waals surface area contributed by atoms with Crippen molar-refractivity contribution in [2.45, 2.75) is 17.9 Å². The lowest BCUT2D eigenvalue weighted by Crippen LogP contribution is -2.24. The van der Waals surface area contributed by atoms with Crippen LogP contribution in [0.2, 0.25) is 0 Å². The van der Waals surface area contributed by atoms with Crippen molar-refractivity contribution in [3.63, 3.8) is 0 Å². The third kappa shape index (κ3) is 5.51. The van der Waals surface area contributed by atoms with Crippen molar-refractivity contribution >= 4 is 17.7 Å². The van der Waals surface area contributed by atoms with E-state index in [0.29, 0.717) is 5.56 Å². The molecule has 0 aliphatic rings. The maximum absolute atomic E-state index is 12.7. The third-order valence-electron chi connectivity index (χ3n) is 2.66. The molecule has 2 aromatic rings. The van der Waals surface area contributed by atoms with Gasteiger partial charge in [0.2, 0.25) is 5.91 Å². The van der Waals surface area contributed by atoms with Gasteiger partial charge in [-0.1, -0.05) is 23.9 Å². The van der Waals surface area contributed by atoms with E-state index in [1.165, 1.54) is 24.3 Å². The fourth-order valence-electron chi connectivity index (χ4n) is 1.55. The highest BCUT2D eigenvalue weighted by Crippen LogP contribution is 2.28. The van der Waals surface area contributed by atoms with E-state index in [1.807, 2.05) is 0 Å². The second kappa shape index (κ2) is 7.40. The summed E-state index contributed by atoms with van der Waals surface area (Å²) in [4.78, 5) is 18.7. The number of carbonyl (C=O) groups excluding carboxylic acids is 1. The molecule has 0 aliphatic heterocycles. The topological polar surface area (TPSA) is 54.9 Å². The summed E-state index contributed by atoms with van der Waals surface area (Å²) in [5.41, 5.74) is -0.346. The molecule has 122 valence electrons. The normalized spacial score (nSPS) is 11.3. The molecule has 1 aromatic heterocycles. The second-order valence-electron chi connectivity index (χ2n) is 4.41. The van der Waals surface area contributed by atoms with Gasteiger partial charge in [-0.15, -0.1) is 0 Å². The van der Waals surface area contributed by atoms with Crippen LogP contribution >= 0.6 is 11.8 Å². The van der Waals surface area contributed by atoms with Crippen molar-refractivity contribution in [1.29, 1.82) is 0 Å². The SMILES string of the molecule is O=C(CSc1nccc(C(F)(F)F)n1)NCc1ccc(F)cc1. The van der Waals surface area contributed by atoms with Crippen molar-refractivity contribution in [2.75, 3.05) is 5.75 Å². The molecule has 2 rings (SSSR count). The molecule has 1 heterocycles. The van der Waals surface area contributed by atoms with Crippen LogP contribution in [0, 0.1) is 5.82 Å². The molecule has 0 aliphatic carbocycles. The van der Waals surface area contributed by atoms with Crippen LogP contribution in [-0.2, 0) is 17.5 Å². The molecule has 1 N–H and O–H groups in total. The second-order valence-corrected chi connectivity index (χ2v) is 5.36. The first kappa shape index (κ1) is 17.2. The molecule has 0 saturated heterocycles. The summed E-state index contributed by atoms with van der Waals surface area (Å²) in [5.74, 6) is -0.889. The smallest absolute Gasteiger partial charge is 0.351 e. The van der Waals surface area contributed by atoms with E-state index in [0.717, 1.165) is 24.0 Å². The van der Waals surface area contributed by atoms with Gasteiger partial charge in [-0.2, -0.15) is 13.2 Å². The van der Waals surface area contributed by atoms with E-state index in [4.69, 9.17) is 0 Å². The summed E-state index contributed by atoms with van der Waals surface area (Å²) in [7, 11) is 0. The largest absolute Gasteiger partial charge is 0.433 e. The Hall–Kier alpha value is -2.16. The Kier molecular flexibility index (Phi) is 5.54. The van der Waals surface area contributed by atoms with E-state index < -0.39 is 11.9 Å². The number of hydrogen-bond acceptors (Lipinski definition) is 4. The molecule has 0 atom stereocenters. The van der Waals surface area contributed by atoms with Gasteiger partial charge in [0.25, 0.3) is 0 Å². The quantitative estimate of drug-likeness (QED) is 0.514. The lowest BCUT2D eigenvalue weighted by atomic mass is 10.2. The van der Waals surface area contributed by atoms with Crippen molar-refractivity contribution in [3.8, 4) is 0 Å².